The van der Waals surface area contributed by atoms with Crippen molar-refractivity contribution in [2.45, 2.75) is 119 Å². The number of allylic oxidation sites excluding steroid dienone is 2. The Morgan fingerprint density at radius 1 is 0.880 bits per heavy atom. The van der Waals surface area contributed by atoms with E-state index < -0.39 is 88.4 Å². The van der Waals surface area contributed by atoms with Gasteiger partial charge in [-0.05, 0) is 44.4 Å². The summed E-state index contributed by atoms with van der Waals surface area (Å²) < 4.78 is 42.8. The Morgan fingerprint density at radius 2 is 1.52 bits per heavy atom. The maximum Gasteiger partial charge on any atom is 0.333 e. The summed E-state index contributed by atoms with van der Waals surface area (Å²) in [5, 5.41) is 0. The Balaban J connectivity index is 1.84. The van der Waals surface area contributed by atoms with Crippen LogP contribution in [0.3, 0.4) is 0 Å². The highest BCUT2D eigenvalue weighted by molar-refractivity contribution is 5.88. The molecule has 1 saturated heterocycles. The smallest absolute Gasteiger partial charge is 0.333 e. The molecule has 11 atom stereocenters. The Morgan fingerprint density at radius 3 is 2.08 bits per heavy atom. The van der Waals surface area contributed by atoms with E-state index >= 15 is 0 Å². The van der Waals surface area contributed by atoms with Gasteiger partial charge in [-0.1, -0.05) is 32.4 Å². The second-order valence-corrected chi connectivity index (χ2v) is 15.0. The van der Waals surface area contributed by atoms with Crippen molar-refractivity contribution in [2.75, 3.05) is 13.2 Å². The van der Waals surface area contributed by atoms with Crippen LogP contribution in [0.25, 0.3) is 0 Å². The number of carbonyl (C=O) groups is 5. The van der Waals surface area contributed by atoms with E-state index in [1.807, 2.05) is 33.8 Å². The van der Waals surface area contributed by atoms with E-state index in [-0.39, 0.29) is 25.6 Å². The minimum atomic E-state index is -1.23. The van der Waals surface area contributed by atoms with Gasteiger partial charge in [0.2, 0.25) is 0 Å². The molecule has 12 heteroatoms. The van der Waals surface area contributed by atoms with Crippen molar-refractivity contribution in [3.05, 3.63) is 47.0 Å². The van der Waals surface area contributed by atoms with Gasteiger partial charge in [-0.15, -0.1) is 0 Å². The molecule has 3 fully saturated rings. The van der Waals surface area contributed by atoms with Crippen LogP contribution in [0.5, 0.6) is 0 Å². The molecule has 1 aromatic heterocycles. The molecular weight excluding hydrogens is 648 g/mol. The standard InChI is InChI=1S/C38H50O12/c1-11-19(2)35(43)50-34-32-33-36(8,18-46-32)29(48-23(6)41)15-30(49-24(7)42)37(33,9)28(17-45-21(4)39)38(34,10)31-20(3)26(25-12-13-44-16-25)14-27(31)47-22(5)40/h11-13,16,26-30,32-34H,14-15,17-18H2,1-10H3/b19-11+/t26-,27+,28-,29?,30?,32?,33?,34?,36-,37+,38-/m1/s1. The molecule has 274 valence electrons. The van der Waals surface area contributed by atoms with Gasteiger partial charge in [-0.25, -0.2) is 4.79 Å². The van der Waals surface area contributed by atoms with E-state index in [1.54, 1.807) is 32.4 Å². The molecule has 0 bridgehead atoms. The monoisotopic (exact) mass is 698 g/mol. The van der Waals surface area contributed by atoms with Crippen molar-refractivity contribution in [3.8, 4) is 0 Å². The third-order valence-electron chi connectivity index (χ3n) is 12.1. The topological polar surface area (TPSA) is 154 Å². The summed E-state index contributed by atoms with van der Waals surface area (Å²) in [5.74, 6) is -4.03. The summed E-state index contributed by atoms with van der Waals surface area (Å²) in [6, 6.07) is 1.87. The van der Waals surface area contributed by atoms with Crippen LogP contribution in [0.4, 0.5) is 0 Å². The second kappa shape index (κ2) is 13.7. The molecule has 0 amide bonds. The lowest BCUT2D eigenvalue weighted by atomic mass is 9.40. The van der Waals surface area contributed by atoms with E-state index in [9.17, 15) is 24.0 Å². The van der Waals surface area contributed by atoms with Crippen molar-refractivity contribution in [2.24, 2.45) is 28.1 Å². The average molecular weight is 699 g/mol. The Labute approximate surface area is 293 Å². The average Bonchev–Trinajstić information content (AvgIpc) is 3.75. The molecular formula is C38H50O12. The highest BCUT2D eigenvalue weighted by atomic mass is 16.6. The van der Waals surface area contributed by atoms with E-state index in [0.717, 1.165) is 11.1 Å². The quantitative estimate of drug-likeness (QED) is 0.141. The number of carbonyl (C=O) groups excluding carboxylic acids is 5. The van der Waals surface area contributed by atoms with Gasteiger partial charge < -0.3 is 32.8 Å². The predicted molar refractivity (Wildman–Crippen MR) is 177 cm³/mol. The molecule has 0 radical (unpaired) electrons. The van der Waals surface area contributed by atoms with Gasteiger partial charge in [0.15, 0.2) is 0 Å². The lowest BCUT2D eigenvalue weighted by Gasteiger charge is -2.66. The zero-order chi connectivity index (χ0) is 36.9. The lowest BCUT2D eigenvalue weighted by molar-refractivity contribution is -0.265. The molecule has 0 aromatic carbocycles. The first-order chi connectivity index (χ1) is 23.4. The third-order valence-corrected chi connectivity index (χ3v) is 12.1. The SMILES string of the molecule is C/C=C(\C)C(=O)OC1C2OC[C@]3(C)C(OC(C)=O)CC(OC(C)=O)[C@@](C)(C23)[C@@H](COC(C)=O)[C@]1(C)C1=C(C)[C@H](c2ccoc2)C[C@@H]1OC(C)=O. The Kier molecular flexibility index (Phi) is 10.2. The Bertz CT molecular complexity index is 1590. The first-order valence-corrected chi connectivity index (χ1v) is 17.2. The number of esters is 5. The number of rotatable bonds is 9. The largest absolute Gasteiger partial charge is 0.472 e. The van der Waals surface area contributed by atoms with Crippen LogP contribution in [-0.4, -0.2) is 73.6 Å². The lowest BCUT2D eigenvalue weighted by Crippen LogP contribution is -2.73. The van der Waals surface area contributed by atoms with Crippen LogP contribution in [-0.2, 0) is 52.4 Å². The fourth-order valence-corrected chi connectivity index (χ4v) is 10.1. The van der Waals surface area contributed by atoms with Crippen LogP contribution >= 0.6 is 0 Å². The van der Waals surface area contributed by atoms with Crippen LogP contribution in [0, 0.1) is 28.1 Å². The van der Waals surface area contributed by atoms with Crippen molar-refractivity contribution >= 4 is 29.8 Å². The van der Waals surface area contributed by atoms with Gasteiger partial charge in [-0.3, -0.25) is 19.2 Å². The van der Waals surface area contributed by atoms with Crippen LogP contribution in [0.1, 0.15) is 93.6 Å². The summed E-state index contributed by atoms with van der Waals surface area (Å²) >= 11 is 0. The van der Waals surface area contributed by atoms with Gasteiger partial charge in [0, 0.05) is 73.7 Å². The third kappa shape index (κ3) is 6.07. The molecule has 5 rings (SSSR count). The number of hydrogen-bond donors (Lipinski definition) is 0. The van der Waals surface area contributed by atoms with E-state index in [1.165, 1.54) is 27.7 Å². The minimum Gasteiger partial charge on any atom is -0.472 e. The predicted octanol–water partition coefficient (Wildman–Crippen LogP) is 5.39. The fourth-order valence-electron chi connectivity index (χ4n) is 10.1. The van der Waals surface area contributed by atoms with Gasteiger partial charge in [0.1, 0.15) is 24.4 Å². The van der Waals surface area contributed by atoms with Crippen LogP contribution in [0.15, 0.2) is 45.8 Å². The normalized spacial score (nSPS) is 37.8. The summed E-state index contributed by atoms with van der Waals surface area (Å²) in [5.41, 5.74) is -0.187. The summed E-state index contributed by atoms with van der Waals surface area (Å²) in [4.78, 5) is 64.5. The summed E-state index contributed by atoms with van der Waals surface area (Å²) in [7, 11) is 0. The second-order valence-electron chi connectivity index (χ2n) is 15.0. The maximum atomic E-state index is 13.8. The van der Waals surface area contributed by atoms with Crippen molar-refractivity contribution in [1.82, 2.24) is 0 Å². The van der Waals surface area contributed by atoms with Gasteiger partial charge in [0.25, 0.3) is 0 Å². The zero-order valence-electron chi connectivity index (χ0n) is 30.7. The molecule has 2 heterocycles. The van der Waals surface area contributed by atoms with Crippen molar-refractivity contribution in [1.29, 1.82) is 0 Å². The minimum absolute atomic E-state index is 0.145. The maximum absolute atomic E-state index is 13.8. The molecule has 3 aliphatic carbocycles. The summed E-state index contributed by atoms with van der Waals surface area (Å²) in [6.45, 7) is 16.6. The van der Waals surface area contributed by atoms with E-state index in [4.69, 9.17) is 32.8 Å². The zero-order valence-corrected chi connectivity index (χ0v) is 30.7. The summed E-state index contributed by atoms with van der Waals surface area (Å²) in [6.07, 6.45) is 1.38. The highest BCUT2D eigenvalue weighted by Crippen LogP contribution is 2.71. The molecule has 1 aliphatic heterocycles. The molecule has 12 nitrogen and oxygen atoms in total. The van der Waals surface area contributed by atoms with Crippen molar-refractivity contribution in [3.63, 3.8) is 0 Å². The Hall–Kier alpha value is -3.93. The fraction of sp³-hybridized carbons (Fsp3) is 0.658. The van der Waals surface area contributed by atoms with Gasteiger partial charge >= 0.3 is 29.8 Å². The molecule has 1 aromatic rings. The number of ether oxygens (including phenoxy) is 6. The molecule has 2 saturated carbocycles. The van der Waals surface area contributed by atoms with Gasteiger partial charge in [0.05, 0.1) is 31.8 Å². The first kappa shape index (κ1) is 37.3. The van der Waals surface area contributed by atoms with Crippen molar-refractivity contribution < 1.29 is 56.8 Å². The molecule has 0 spiro atoms. The highest BCUT2D eigenvalue weighted by Gasteiger charge is 2.77. The molecule has 50 heavy (non-hydrogen) atoms. The first-order valence-electron chi connectivity index (χ1n) is 17.2. The van der Waals surface area contributed by atoms with Crippen LogP contribution in [0.2, 0.25) is 0 Å². The number of hydrogen-bond acceptors (Lipinski definition) is 12. The van der Waals surface area contributed by atoms with E-state index in [2.05, 4.69) is 0 Å². The molecule has 4 aliphatic rings. The van der Waals surface area contributed by atoms with Gasteiger partial charge in [-0.2, -0.15) is 0 Å². The molecule has 0 N–H and O–H groups in total. The van der Waals surface area contributed by atoms with E-state index in [0.29, 0.717) is 17.6 Å². The number of furan rings is 1. The molecule has 5 unspecified atom stereocenters. The van der Waals surface area contributed by atoms with Crippen LogP contribution < -0.4 is 0 Å².